The van der Waals surface area contributed by atoms with E-state index in [2.05, 4.69) is 61.1 Å². The van der Waals surface area contributed by atoms with Gasteiger partial charge in [-0.15, -0.1) is 0 Å². The Morgan fingerprint density at radius 3 is 2.79 bits per heavy atom. The first-order chi connectivity index (χ1) is 11.8. The number of benzene rings is 1. The Morgan fingerprint density at radius 2 is 2.00 bits per heavy atom. The van der Waals surface area contributed by atoms with Gasteiger partial charge in [-0.05, 0) is 40.4 Å². The van der Waals surface area contributed by atoms with Crippen molar-refractivity contribution in [1.82, 2.24) is 14.5 Å². The highest BCUT2D eigenvalue weighted by molar-refractivity contribution is 9.10. The number of hydrogen-bond donors (Lipinski definition) is 1. The third-order valence-corrected chi connectivity index (χ3v) is 4.74. The molecule has 3 heterocycles. The molecule has 0 amide bonds. The molecule has 1 saturated heterocycles. The van der Waals surface area contributed by atoms with Crippen LogP contribution in [0.3, 0.4) is 0 Å². The van der Waals surface area contributed by atoms with Crippen molar-refractivity contribution in [3.63, 3.8) is 0 Å². The van der Waals surface area contributed by atoms with Crippen LogP contribution in [-0.2, 0) is 11.3 Å². The SMILES string of the molecule is Brc1cnc2nc(NC3CCOCC3)n(Cc3ccccc3)c2c1. The molecule has 1 aromatic carbocycles. The minimum atomic E-state index is 0.397. The zero-order valence-electron chi connectivity index (χ0n) is 13.3. The minimum Gasteiger partial charge on any atom is -0.381 e. The van der Waals surface area contributed by atoms with E-state index in [9.17, 15) is 0 Å². The fraction of sp³-hybridized carbons (Fsp3) is 0.333. The Balaban J connectivity index is 1.72. The van der Waals surface area contributed by atoms with Gasteiger partial charge in [-0.3, -0.25) is 0 Å². The van der Waals surface area contributed by atoms with Gasteiger partial charge < -0.3 is 14.6 Å². The number of imidazole rings is 1. The first kappa shape index (κ1) is 15.6. The normalized spacial score (nSPS) is 15.7. The van der Waals surface area contributed by atoms with Crippen molar-refractivity contribution in [3.05, 3.63) is 52.6 Å². The van der Waals surface area contributed by atoms with Crippen LogP contribution in [0.25, 0.3) is 11.2 Å². The molecule has 0 spiro atoms. The van der Waals surface area contributed by atoms with Crippen molar-refractivity contribution >= 4 is 33.0 Å². The second-order valence-corrected chi connectivity index (χ2v) is 6.95. The van der Waals surface area contributed by atoms with Gasteiger partial charge in [0.15, 0.2) is 5.65 Å². The first-order valence-electron chi connectivity index (χ1n) is 8.19. The molecule has 4 rings (SSSR count). The van der Waals surface area contributed by atoms with Crippen LogP contribution in [0.4, 0.5) is 5.95 Å². The molecular formula is C18H19BrN4O. The van der Waals surface area contributed by atoms with E-state index in [-0.39, 0.29) is 0 Å². The van der Waals surface area contributed by atoms with Crippen molar-refractivity contribution < 1.29 is 4.74 Å². The second-order valence-electron chi connectivity index (χ2n) is 6.03. The number of pyridine rings is 1. The Hall–Kier alpha value is -1.92. The molecule has 1 aliphatic heterocycles. The van der Waals surface area contributed by atoms with Crippen molar-refractivity contribution in [2.45, 2.75) is 25.4 Å². The van der Waals surface area contributed by atoms with E-state index in [1.54, 1.807) is 6.20 Å². The average Bonchev–Trinajstić information content (AvgIpc) is 2.94. The maximum Gasteiger partial charge on any atom is 0.205 e. The first-order valence-corrected chi connectivity index (χ1v) is 8.99. The van der Waals surface area contributed by atoms with E-state index in [4.69, 9.17) is 9.72 Å². The van der Waals surface area contributed by atoms with Gasteiger partial charge in [0.25, 0.3) is 0 Å². The van der Waals surface area contributed by atoms with Crippen molar-refractivity contribution in [2.24, 2.45) is 0 Å². The highest BCUT2D eigenvalue weighted by Gasteiger charge is 2.18. The Labute approximate surface area is 149 Å². The molecule has 124 valence electrons. The quantitative estimate of drug-likeness (QED) is 0.739. The lowest BCUT2D eigenvalue weighted by atomic mass is 10.1. The van der Waals surface area contributed by atoms with Gasteiger partial charge in [-0.1, -0.05) is 30.3 Å². The molecule has 6 heteroatoms. The largest absolute Gasteiger partial charge is 0.381 e. The fourth-order valence-electron chi connectivity index (χ4n) is 3.04. The predicted molar refractivity (Wildman–Crippen MR) is 98.2 cm³/mol. The average molecular weight is 387 g/mol. The van der Waals surface area contributed by atoms with Gasteiger partial charge in [0, 0.05) is 29.9 Å². The van der Waals surface area contributed by atoms with E-state index in [1.807, 2.05) is 6.07 Å². The van der Waals surface area contributed by atoms with Gasteiger partial charge in [0.2, 0.25) is 5.95 Å². The van der Waals surface area contributed by atoms with Crippen molar-refractivity contribution in [1.29, 1.82) is 0 Å². The van der Waals surface area contributed by atoms with Crippen LogP contribution >= 0.6 is 15.9 Å². The van der Waals surface area contributed by atoms with E-state index in [0.717, 1.165) is 54.2 Å². The summed E-state index contributed by atoms with van der Waals surface area (Å²) in [6.45, 7) is 2.38. The molecule has 1 aliphatic rings. The van der Waals surface area contributed by atoms with Gasteiger partial charge >= 0.3 is 0 Å². The fourth-order valence-corrected chi connectivity index (χ4v) is 3.36. The van der Waals surface area contributed by atoms with Crippen LogP contribution in [0.5, 0.6) is 0 Å². The van der Waals surface area contributed by atoms with Crippen LogP contribution in [-0.4, -0.2) is 33.8 Å². The molecule has 3 aromatic rings. The Morgan fingerprint density at radius 1 is 1.21 bits per heavy atom. The molecule has 5 nitrogen and oxygen atoms in total. The van der Waals surface area contributed by atoms with E-state index in [0.29, 0.717) is 6.04 Å². The molecular weight excluding hydrogens is 368 g/mol. The predicted octanol–water partition coefficient (Wildman–Crippen LogP) is 3.83. The zero-order valence-corrected chi connectivity index (χ0v) is 14.9. The Bertz CT molecular complexity index is 828. The van der Waals surface area contributed by atoms with Crippen LogP contribution in [0.15, 0.2) is 47.1 Å². The summed E-state index contributed by atoms with van der Waals surface area (Å²) in [6.07, 6.45) is 3.80. The lowest BCUT2D eigenvalue weighted by molar-refractivity contribution is 0.0902. The van der Waals surface area contributed by atoms with Crippen molar-refractivity contribution in [2.75, 3.05) is 18.5 Å². The van der Waals surface area contributed by atoms with Gasteiger partial charge in [0.05, 0.1) is 12.1 Å². The van der Waals surface area contributed by atoms with E-state index < -0.39 is 0 Å². The number of halogens is 1. The summed E-state index contributed by atoms with van der Waals surface area (Å²) >= 11 is 3.52. The number of nitrogens with one attached hydrogen (secondary N) is 1. The van der Waals surface area contributed by atoms with E-state index in [1.165, 1.54) is 5.56 Å². The van der Waals surface area contributed by atoms with E-state index >= 15 is 0 Å². The molecule has 0 saturated carbocycles. The summed E-state index contributed by atoms with van der Waals surface area (Å²) in [5.41, 5.74) is 3.04. The minimum absolute atomic E-state index is 0.397. The maximum atomic E-state index is 5.45. The van der Waals surface area contributed by atoms with Crippen molar-refractivity contribution in [3.8, 4) is 0 Å². The molecule has 0 bridgehead atoms. The molecule has 1 N–H and O–H groups in total. The van der Waals surface area contributed by atoms with Crippen LogP contribution < -0.4 is 5.32 Å². The number of ether oxygens (including phenoxy) is 1. The molecule has 0 radical (unpaired) electrons. The smallest absolute Gasteiger partial charge is 0.205 e. The number of rotatable bonds is 4. The topological polar surface area (TPSA) is 52.0 Å². The number of hydrogen-bond acceptors (Lipinski definition) is 4. The van der Waals surface area contributed by atoms with Gasteiger partial charge in [-0.2, -0.15) is 4.98 Å². The highest BCUT2D eigenvalue weighted by Crippen LogP contribution is 2.24. The number of aromatic nitrogens is 3. The lowest BCUT2D eigenvalue weighted by Crippen LogP contribution is -2.29. The Kier molecular flexibility index (Phi) is 4.49. The number of fused-ring (bicyclic) bond motifs is 1. The molecule has 1 fully saturated rings. The van der Waals surface area contributed by atoms with Crippen LogP contribution in [0.2, 0.25) is 0 Å². The number of nitrogens with zero attached hydrogens (tertiary/aromatic N) is 3. The van der Waals surface area contributed by atoms with Gasteiger partial charge in [0.1, 0.15) is 0 Å². The molecule has 0 aliphatic carbocycles. The summed E-state index contributed by atoms with van der Waals surface area (Å²) < 4.78 is 8.62. The van der Waals surface area contributed by atoms with Gasteiger partial charge in [-0.25, -0.2) is 4.98 Å². The third kappa shape index (κ3) is 3.30. The summed E-state index contributed by atoms with van der Waals surface area (Å²) in [6, 6.07) is 12.9. The standard InChI is InChI=1S/C18H19BrN4O/c19-14-10-16-17(20-11-14)22-18(21-15-6-8-24-9-7-15)23(16)12-13-4-2-1-3-5-13/h1-5,10-11,15H,6-9,12H2,(H,20,21,22). The number of anilines is 1. The maximum absolute atomic E-state index is 5.45. The lowest BCUT2D eigenvalue weighted by Gasteiger charge is -2.24. The summed E-state index contributed by atoms with van der Waals surface area (Å²) in [4.78, 5) is 9.18. The van der Waals surface area contributed by atoms with Crippen LogP contribution in [0, 0.1) is 0 Å². The zero-order chi connectivity index (χ0) is 16.4. The summed E-state index contributed by atoms with van der Waals surface area (Å²) in [7, 11) is 0. The monoisotopic (exact) mass is 386 g/mol. The summed E-state index contributed by atoms with van der Waals surface area (Å²) in [5, 5.41) is 3.60. The molecule has 24 heavy (non-hydrogen) atoms. The molecule has 2 aromatic heterocycles. The second kappa shape index (κ2) is 6.91. The molecule has 0 unspecified atom stereocenters. The summed E-state index contributed by atoms with van der Waals surface area (Å²) in [5.74, 6) is 0.881. The highest BCUT2D eigenvalue weighted by atomic mass is 79.9. The third-order valence-electron chi connectivity index (χ3n) is 4.31. The van der Waals surface area contributed by atoms with Crippen LogP contribution in [0.1, 0.15) is 18.4 Å². The molecule has 0 atom stereocenters.